The van der Waals surface area contributed by atoms with Crippen molar-refractivity contribution in [3.05, 3.63) is 89.5 Å². The van der Waals surface area contributed by atoms with Gasteiger partial charge in [0.1, 0.15) is 12.4 Å². The molecule has 3 aromatic rings. The van der Waals surface area contributed by atoms with Gasteiger partial charge in [-0.2, -0.15) is 18.4 Å². The number of carboxylic acid groups (broad SMARTS) is 1. The number of nitriles is 1. The lowest BCUT2D eigenvalue weighted by atomic mass is 9.98. The number of ether oxygens (including phenoxy) is 1. The number of rotatable bonds is 14. The number of halogens is 3. The lowest BCUT2D eigenvalue weighted by Gasteiger charge is -2.21. The molecule has 0 spiro atoms. The molecule has 3 aromatic carbocycles. The van der Waals surface area contributed by atoms with E-state index in [1.165, 1.54) is 30.3 Å². The standard InChI is InChI=1S/C29H29F3N4O5S/c30-29(31,32)22-12-19(13-24(15-22)36-28(34-18-33)35-23-6-7-23)16-41-25-8-10-26(11-9-25)42(39,40)17-21(14-27(37)38)20-4-2-1-3-5-20/h1-5,8-13,15,21,23,28,34-36H,6-7,14,16-17H2,(H,37,38). The fourth-order valence-electron chi connectivity index (χ4n) is 4.34. The highest BCUT2D eigenvalue weighted by atomic mass is 32.2. The zero-order chi connectivity index (χ0) is 30.3. The Kier molecular flexibility index (Phi) is 9.59. The van der Waals surface area contributed by atoms with Crippen molar-refractivity contribution in [3.63, 3.8) is 0 Å². The summed E-state index contributed by atoms with van der Waals surface area (Å²) < 4.78 is 72.6. The Labute approximate surface area is 241 Å². The van der Waals surface area contributed by atoms with Crippen LogP contribution in [0.3, 0.4) is 0 Å². The minimum Gasteiger partial charge on any atom is -0.489 e. The summed E-state index contributed by atoms with van der Waals surface area (Å²) in [6, 6.07) is 17.5. The third-order valence-electron chi connectivity index (χ3n) is 6.52. The van der Waals surface area contributed by atoms with Crippen LogP contribution in [0, 0.1) is 11.5 Å². The maximum atomic E-state index is 13.6. The third-order valence-corrected chi connectivity index (χ3v) is 8.35. The molecule has 9 nitrogen and oxygen atoms in total. The summed E-state index contributed by atoms with van der Waals surface area (Å²) in [7, 11) is -3.87. The number of alkyl halides is 3. The third kappa shape index (κ3) is 8.86. The predicted octanol–water partition coefficient (Wildman–Crippen LogP) is 4.83. The molecule has 0 bridgehead atoms. The van der Waals surface area contributed by atoms with E-state index in [0.717, 1.165) is 25.0 Å². The van der Waals surface area contributed by atoms with Crippen LogP contribution in [0.4, 0.5) is 18.9 Å². The first-order chi connectivity index (χ1) is 19.9. The van der Waals surface area contributed by atoms with Crippen LogP contribution >= 0.6 is 0 Å². The first kappa shape index (κ1) is 30.7. The smallest absolute Gasteiger partial charge is 0.416 e. The summed E-state index contributed by atoms with van der Waals surface area (Å²) in [6.07, 6.45) is -2.15. The lowest BCUT2D eigenvalue weighted by molar-refractivity contribution is -0.138. The van der Waals surface area contributed by atoms with Crippen LogP contribution in [0.1, 0.15) is 41.9 Å². The van der Waals surface area contributed by atoms with E-state index in [9.17, 15) is 31.5 Å². The Balaban J connectivity index is 1.46. The molecular formula is C29H29F3N4O5S. The van der Waals surface area contributed by atoms with Gasteiger partial charge in [-0.05, 0) is 66.4 Å². The van der Waals surface area contributed by atoms with Crippen molar-refractivity contribution >= 4 is 21.5 Å². The maximum Gasteiger partial charge on any atom is 0.416 e. The van der Waals surface area contributed by atoms with Crippen LogP contribution in [-0.2, 0) is 27.4 Å². The molecule has 4 rings (SSSR count). The van der Waals surface area contributed by atoms with Crippen molar-refractivity contribution in [2.75, 3.05) is 11.1 Å². The molecule has 4 N–H and O–H groups in total. The number of aliphatic carboxylic acids is 1. The topological polar surface area (TPSA) is 141 Å². The molecule has 2 unspecified atom stereocenters. The zero-order valence-electron chi connectivity index (χ0n) is 22.3. The number of carboxylic acids is 1. The average Bonchev–Trinajstić information content (AvgIpc) is 3.75. The molecule has 0 heterocycles. The van der Waals surface area contributed by atoms with Crippen molar-refractivity contribution in [3.8, 4) is 11.9 Å². The highest BCUT2D eigenvalue weighted by Gasteiger charge is 2.32. The number of hydrogen-bond acceptors (Lipinski definition) is 8. The van der Waals surface area contributed by atoms with Crippen LogP contribution in [0.2, 0.25) is 0 Å². The fourth-order valence-corrected chi connectivity index (χ4v) is 5.92. The van der Waals surface area contributed by atoms with Gasteiger partial charge in [-0.1, -0.05) is 30.3 Å². The second-order valence-electron chi connectivity index (χ2n) is 9.94. The van der Waals surface area contributed by atoms with Crippen molar-refractivity contribution in [2.45, 2.75) is 55.2 Å². The van der Waals surface area contributed by atoms with Gasteiger partial charge < -0.3 is 15.2 Å². The van der Waals surface area contributed by atoms with E-state index in [0.29, 0.717) is 5.56 Å². The zero-order valence-corrected chi connectivity index (χ0v) is 23.1. The summed E-state index contributed by atoms with van der Waals surface area (Å²) in [5, 5.41) is 26.7. The Bertz CT molecular complexity index is 1520. The van der Waals surface area contributed by atoms with E-state index in [1.54, 1.807) is 36.5 Å². The van der Waals surface area contributed by atoms with Crippen molar-refractivity contribution in [1.82, 2.24) is 10.6 Å². The molecule has 1 aliphatic rings. The van der Waals surface area contributed by atoms with E-state index in [-0.39, 0.29) is 41.0 Å². The summed E-state index contributed by atoms with van der Waals surface area (Å²) in [6.45, 7) is -0.244. The molecule has 0 aliphatic heterocycles. The number of anilines is 1. The second kappa shape index (κ2) is 13.1. The predicted molar refractivity (Wildman–Crippen MR) is 148 cm³/mol. The van der Waals surface area contributed by atoms with Crippen LogP contribution in [0.15, 0.2) is 77.7 Å². The van der Waals surface area contributed by atoms with E-state index < -0.39 is 45.5 Å². The van der Waals surface area contributed by atoms with Gasteiger partial charge in [-0.25, -0.2) is 8.42 Å². The Hall–Kier alpha value is -4.28. The lowest BCUT2D eigenvalue weighted by Crippen LogP contribution is -2.47. The average molecular weight is 603 g/mol. The molecule has 1 aliphatic carbocycles. The van der Waals surface area contributed by atoms with Crippen molar-refractivity contribution in [1.29, 1.82) is 5.26 Å². The minimum atomic E-state index is -4.62. The molecule has 0 radical (unpaired) electrons. The number of nitrogens with zero attached hydrogens (tertiary/aromatic N) is 1. The molecule has 13 heteroatoms. The summed E-state index contributed by atoms with van der Waals surface area (Å²) in [5.41, 5.74) is 0.0195. The molecule has 0 aromatic heterocycles. The molecule has 2 atom stereocenters. The second-order valence-corrected chi connectivity index (χ2v) is 12.0. The number of sulfone groups is 1. The Morgan fingerprint density at radius 3 is 2.36 bits per heavy atom. The molecule has 0 saturated heterocycles. The van der Waals surface area contributed by atoms with Gasteiger partial charge >= 0.3 is 12.1 Å². The van der Waals surface area contributed by atoms with Gasteiger partial charge in [0.15, 0.2) is 22.3 Å². The molecule has 0 amide bonds. The molecular weight excluding hydrogens is 573 g/mol. The van der Waals surface area contributed by atoms with Crippen LogP contribution in [0.5, 0.6) is 5.75 Å². The monoisotopic (exact) mass is 602 g/mol. The largest absolute Gasteiger partial charge is 0.489 e. The van der Waals surface area contributed by atoms with Gasteiger partial charge in [0, 0.05) is 17.6 Å². The van der Waals surface area contributed by atoms with Crippen LogP contribution in [0.25, 0.3) is 0 Å². The fraction of sp³-hybridized carbons (Fsp3) is 0.310. The van der Waals surface area contributed by atoms with Gasteiger partial charge in [0.25, 0.3) is 0 Å². The molecule has 1 saturated carbocycles. The van der Waals surface area contributed by atoms with E-state index in [2.05, 4.69) is 16.0 Å². The van der Waals surface area contributed by atoms with Crippen LogP contribution in [-0.4, -0.2) is 37.6 Å². The first-order valence-electron chi connectivity index (χ1n) is 13.0. The quantitative estimate of drug-likeness (QED) is 0.116. The normalized spacial score (nSPS) is 14.8. The van der Waals surface area contributed by atoms with Gasteiger partial charge in [0.2, 0.25) is 0 Å². The molecule has 222 valence electrons. The minimum absolute atomic E-state index is 0.0362. The Morgan fingerprint density at radius 1 is 1.07 bits per heavy atom. The highest BCUT2D eigenvalue weighted by molar-refractivity contribution is 7.91. The number of carbonyl (C=O) groups is 1. The van der Waals surface area contributed by atoms with E-state index in [4.69, 9.17) is 10.00 Å². The van der Waals surface area contributed by atoms with Crippen LogP contribution < -0.4 is 20.7 Å². The number of nitrogens with one attached hydrogen (secondary N) is 3. The van der Waals surface area contributed by atoms with Gasteiger partial charge in [0.05, 0.1) is 22.6 Å². The maximum absolute atomic E-state index is 13.6. The number of benzene rings is 3. The summed E-state index contributed by atoms with van der Waals surface area (Å²) in [4.78, 5) is 11.3. The Morgan fingerprint density at radius 2 is 1.76 bits per heavy atom. The van der Waals surface area contributed by atoms with Crippen molar-refractivity contribution in [2.24, 2.45) is 0 Å². The first-order valence-corrected chi connectivity index (χ1v) is 14.7. The summed E-state index contributed by atoms with van der Waals surface area (Å²) in [5.74, 6) is -2.06. The van der Waals surface area contributed by atoms with Gasteiger partial charge in [-0.15, -0.1) is 0 Å². The molecule has 1 fully saturated rings. The number of hydrogen-bond donors (Lipinski definition) is 4. The van der Waals surface area contributed by atoms with E-state index in [1.807, 2.05) is 0 Å². The molecule has 42 heavy (non-hydrogen) atoms. The SMILES string of the molecule is N#CNC(Nc1cc(COc2ccc(S(=O)(=O)CC(CC(=O)O)c3ccccc3)cc2)cc(C(F)(F)F)c1)NC1CC1. The summed E-state index contributed by atoms with van der Waals surface area (Å²) >= 11 is 0. The van der Waals surface area contributed by atoms with Gasteiger partial charge in [-0.3, -0.25) is 15.4 Å². The highest BCUT2D eigenvalue weighted by Crippen LogP contribution is 2.33. The van der Waals surface area contributed by atoms with E-state index >= 15 is 0 Å². The van der Waals surface area contributed by atoms with Crippen molar-refractivity contribution < 1.29 is 36.2 Å².